The van der Waals surface area contributed by atoms with E-state index in [1.165, 1.54) is 0 Å². The Bertz CT molecular complexity index is 924. The van der Waals surface area contributed by atoms with E-state index in [4.69, 9.17) is 0 Å². The lowest BCUT2D eigenvalue weighted by Gasteiger charge is -2.25. The molecule has 1 amide bonds. The van der Waals surface area contributed by atoms with Gasteiger partial charge in [-0.1, -0.05) is 12.1 Å². The van der Waals surface area contributed by atoms with Gasteiger partial charge in [0.05, 0.1) is 23.4 Å². The number of sulfone groups is 1. The number of anilines is 2. The monoisotopic (exact) mass is 373 g/mol. The summed E-state index contributed by atoms with van der Waals surface area (Å²) in [7, 11) is -1.08. The van der Waals surface area contributed by atoms with Crippen molar-refractivity contribution in [2.24, 2.45) is 0 Å². The highest BCUT2D eigenvalue weighted by Crippen LogP contribution is 2.23. The quantitative estimate of drug-likeness (QED) is 0.891. The van der Waals surface area contributed by atoms with Crippen molar-refractivity contribution >= 4 is 27.1 Å². The van der Waals surface area contributed by atoms with Crippen LogP contribution < -0.4 is 10.2 Å². The highest BCUT2D eigenvalue weighted by molar-refractivity contribution is 7.91. The van der Waals surface area contributed by atoms with Gasteiger partial charge in [0.1, 0.15) is 5.69 Å². The van der Waals surface area contributed by atoms with Gasteiger partial charge in [-0.2, -0.15) is 0 Å². The molecule has 0 radical (unpaired) electrons. The molecule has 26 heavy (non-hydrogen) atoms. The summed E-state index contributed by atoms with van der Waals surface area (Å²) in [5.41, 5.74) is 4.03. The molecule has 2 heterocycles. The maximum atomic E-state index is 12.4. The predicted octanol–water partition coefficient (Wildman–Crippen LogP) is 2.57. The first-order valence-corrected chi connectivity index (χ1v) is 10.4. The van der Waals surface area contributed by atoms with E-state index >= 15 is 0 Å². The van der Waals surface area contributed by atoms with E-state index < -0.39 is 9.84 Å². The molecule has 2 aromatic rings. The number of nitrogens with zero attached hydrogens (tertiary/aromatic N) is 2. The van der Waals surface area contributed by atoms with Gasteiger partial charge in [-0.15, -0.1) is 0 Å². The van der Waals surface area contributed by atoms with E-state index in [1.54, 1.807) is 18.3 Å². The van der Waals surface area contributed by atoms with Crippen molar-refractivity contribution in [3.8, 4) is 0 Å². The third-order valence-electron chi connectivity index (χ3n) is 5.00. The van der Waals surface area contributed by atoms with Crippen LogP contribution in [0.1, 0.15) is 28.0 Å². The van der Waals surface area contributed by atoms with Gasteiger partial charge in [0.2, 0.25) is 0 Å². The standard InChI is InChI=1S/C19H23N3O3S/c1-13-5-4-6-17(14(13)2)21-19(23)18-8-7-15(11-20-18)22(3)16-9-10-26(24,25)12-16/h4-8,11,16H,9-10,12H2,1-3H3,(H,21,23). The average Bonchev–Trinajstić information content (AvgIpc) is 2.98. The van der Waals surface area contributed by atoms with Crippen molar-refractivity contribution < 1.29 is 13.2 Å². The molecule has 0 bridgehead atoms. The Morgan fingerprint density at radius 3 is 2.62 bits per heavy atom. The zero-order valence-corrected chi connectivity index (χ0v) is 16.0. The van der Waals surface area contributed by atoms with E-state index in [0.717, 1.165) is 22.5 Å². The van der Waals surface area contributed by atoms with Crippen LogP contribution in [0.4, 0.5) is 11.4 Å². The molecule has 0 spiro atoms. The summed E-state index contributed by atoms with van der Waals surface area (Å²) < 4.78 is 23.3. The Kier molecular flexibility index (Phi) is 5.00. The van der Waals surface area contributed by atoms with Gasteiger partial charge in [-0.3, -0.25) is 4.79 Å². The lowest BCUT2D eigenvalue weighted by molar-refractivity contribution is 0.102. The fourth-order valence-electron chi connectivity index (χ4n) is 3.09. The molecule has 1 aliphatic heterocycles. The third kappa shape index (κ3) is 3.88. The molecule has 1 saturated heterocycles. The van der Waals surface area contributed by atoms with Crippen LogP contribution >= 0.6 is 0 Å². The lowest BCUT2D eigenvalue weighted by atomic mass is 10.1. The second-order valence-corrected chi connectivity index (χ2v) is 9.00. The average molecular weight is 373 g/mol. The van der Waals surface area contributed by atoms with Crippen LogP contribution in [0.3, 0.4) is 0 Å². The second-order valence-electron chi connectivity index (χ2n) is 6.77. The molecule has 1 aromatic carbocycles. The summed E-state index contributed by atoms with van der Waals surface area (Å²) >= 11 is 0. The molecule has 1 fully saturated rings. The van der Waals surface area contributed by atoms with Crippen molar-refractivity contribution in [1.82, 2.24) is 4.98 Å². The fraction of sp³-hybridized carbons (Fsp3) is 0.368. The molecule has 1 N–H and O–H groups in total. The maximum Gasteiger partial charge on any atom is 0.274 e. The van der Waals surface area contributed by atoms with Crippen molar-refractivity contribution in [3.05, 3.63) is 53.3 Å². The molecular weight excluding hydrogens is 350 g/mol. The van der Waals surface area contributed by atoms with Gasteiger partial charge in [0.15, 0.2) is 9.84 Å². The van der Waals surface area contributed by atoms with E-state index in [1.807, 2.05) is 44.0 Å². The van der Waals surface area contributed by atoms with Crippen LogP contribution in [0.25, 0.3) is 0 Å². The van der Waals surface area contributed by atoms with Crippen LogP contribution in [0.15, 0.2) is 36.5 Å². The number of hydrogen-bond acceptors (Lipinski definition) is 5. The number of aromatic nitrogens is 1. The van der Waals surface area contributed by atoms with Crippen LogP contribution in [-0.2, 0) is 9.84 Å². The highest BCUT2D eigenvalue weighted by Gasteiger charge is 2.30. The Hall–Kier alpha value is -2.41. The van der Waals surface area contributed by atoms with E-state index in [-0.39, 0.29) is 23.5 Å². The van der Waals surface area contributed by atoms with E-state index in [0.29, 0.717) is 12.1 Å². The molecule has 1 aliphatic rings. The van der Waals surface area contributed by atoms with Crippen LogP contribution in [0.5, 0.6) is 0 Å². The Balaban J connectivity index is 1.71. The number of nitrogens with one attached hydrogen (secondary N) is 1. The third-order valence-corrected chi connectivity index (χ3v) is 6.75. The van der Waals surface area contributed by atoms with E-state index in [9.17, 15) is 13.2 Å². The van der Waals surface area contributed by atoms with Crippen LogP contribution in [0, 0.1) is 13.8 Å². The first-order chi connectivity index (χ1) is 12.3. The van der Waals surface area contributed by atoms with Gasteiger partial charge in [0.25, 0.3) is 5.91 Å². The number of hydrogen-bond donors (Lipinski definition) is 1. The zero-order chi connectivity index (χ0) is 18.9. The molecule has 0 aliphatic carbocycles. The summed E-state index contributed by atoms with van der Waals surface area (Å²) in [4.78, 5) is 18.6. The smallest absolute Gasteiger partial charge is 0.274 e. The number of carbonyl (C=O) groups is 1. The topological polar surface area (TPSA) is 79.4 Å². The summed E-state index contributed by atoms with van der Waals surface area (Å²) in [6, 6.07) is 9.18. The minimum absolute atomic E-state index is 0.0450. The molecular formula is C19H23N3O3S. The summed E-state index contributed by atoms with van der Waals surface area (Å²) in [5.74, 6) is 0.126. The van der Waals surface area contributed by atoms with E-state index in [2.05, 4.69) is 10.3 Å². The first-order valence-electron chi connectivity index (χ1n) is 8.54. The van der Waals surface area contributed by atoms with Crippen LogP contribution in [-0.4, -0.2) is 43.9 Å². The summed E-state index contributed by atoms with van der Waals surface area (Å²) in [6.07, 6.45) is 2.23. The molecule has 3 rings (SSSR count). The van der Waals surface area contributed by atoms with Gasteiger partial charge in [-0.05, 0) is 49.6 Å². The molecule has 7 heteroatoms. The molecule has 0 saturated carbocycles. The number of carbonyl (C=O) groups excluding carboxylic acids is 1. The van der Waals surface area contributed by atoms with Gasteiger partial charge in [-0.25, -0.2) is 13.4 Å². The van der Waals surface area contributed by atoms with Gasteiger partial charge < -0.3 is 10.2 Å². The summed E-state index contributed by atoms with van der Waals surface area (Å²) in [5, 5.41) is 2.89. The first kappa shape index (κ1) is 18.4. The van der Waals surface area contributed by atoms with Crippen molar-refractivity contribution in [3.63, 3.8) is 0 Å². The number of rotatable bonds is 4. The number of amides is 1. The molecule has 1 aromatic heterocycles. The number of benzene rings is 1. The minimum atomic E-state index is -2.94. The lowest BCUT2D eigenvalue weighted by Crippen LogP contribution is -2.32. The molecule has 1 atom stereocenters. The number of aryl methyl sites for hydroxylation is 1. The number of pyridine rings is 1. The second kappa shape index (κ2) is 7.07. The summed E-state index contributed by atoms with van der Waals surface area (Å²) in [6.45, 7) is 3.96. The van der Waals surface area contributed by atoms with Crippen molar-refractivity contribution in [1.29, 1.82) is 0 Å². The minimum Gasteiger partial charge on any atom is -0.369 e. The van der Waals surface area contributed by atoms with Crippen molar-refractivity contribution in [2.75, 3.05) is 28.8 Å². The molecule has 6 nitrogen and oxygen atoms in total. The Morgan fingerprint density at radius 2 is 2.00 bits per heavy atom. The largest absolute Gasteiger partial charge is 0.369 e. The SMILES string of the molecule is Cc1cccc(NC(=O)c2ccc(N(C)C3CCS(=O)(=O)C3)cn2)c1C. The highest BCUT2D eigenvalue weighted by atomic mass is 32.2. The van der Waals surface area contributed by atoms with Gasteiger partial charge >= 0.3 is 0 Å². The predicted molar refractivity (Wildman–Crippen MR) is 104 cm³/mol. The molecule has 138 valence electrons. The Morgan fingerprint density at radius 1 is 1.23 bits per heavy atom. The molecule has 1 unspecified atom stereocenters. The fourth-order valence-corrected chi connectivity index (χ4v) is 4.87. The van der Waals surface area contributed by atoms with Crippen LogP contribution in [0.2, 0.25) is 0 Å². The zero-order valence-electron chi connectivity index (χ0n) is 15.2. The Labute approximate surface area is 154 Å². The normalized spacial score (nSPS) is 18.5. The maximum absolute atomic E-state index is 12.4. The van der Waals surface area contributed by atoms with Gasteiger partial charge in [0, 0.05) is 18.8 Å². The van der Waals surface area contributed by atoms with Crippen molar-refractivity contribution in [2.45, 2.75) is 26.3 Å².